The molecule has 0 saturated heterocycles. The summed E-state index contributed by atoms with van der Waals surface area (Å²) in [5.74, 6) is 2.06. The van der Waals surface area contributed by atoms with Crippen LogP contribution >= 0.6 is 39.3 Å². The SMILES string of the molecule is CCOc1cc(C2C(C(=O)Nc3cccc(C)c3)=C(C)Nc3nc(SCc4ccccc4Cl)nn32)ccc1OCc1cccc(Br)c1. The molecule has 47 heavy (non-hydrogen) atoms. The molecule has 1 atom stereocenters. The van der Waals surface area contributed by atoms with Crippen molar-refractivity contribution in [1.29, 1.82) is 0 Å². The van der Waals surface area contributed by atoms with Gasteiger partial charge in [0.25, 0.3) is 5.91 Å². The lowest BCUT2D eigenvalue weighted by Crippen LogP contribution is -2.31. The number of rotatable bonds is 11. The van der Waals surface area contributed by atoms with Crippen LogP contribution in [0.25, 0.3) is 0 Å². The van der Waals surface area contributed by atoms with Gasteiger partial charge in [-0.2, -0.15) is 4.98 Å². The fourth-order valence-electron chi connectivity index (χ4n) is 5.34. The first-order valence-electron chi connectivity index (χ1n) is 15.1. The van der Waals surface area contributed by atoms with Crippen molar-refractivity contribution in [2.24, 2.45) is 0 Å². The summed E-state index contributed by atoms with van der Waals surface area (Å²) in [5.41, 5.74) is 5.75. The van der Waals surface area contributed by atoms with Crippen LogP contribution in [0.1, 0.15) is 42.1 Å². The third-order valence-electron chi connectivity index (χ3n) is 7.54. The number of allylic oxidation sites excluding steroid dienone is 1. The second-order valence-electron chi connectivity index (χ2n) is 11.0. The average Bonchev–Trinajstić information content (AvgIpc) is 3.45. The van der Waals surface area contributed by atoms with Gasteiger partial charge in [0.15, 0.2) is 11.5 Å². The first-order valence-corrected chi connectivity index (χ1v) is 17.3. The molecule has 11 heteroatoms. The third-order valence-corrected chi connectivity index (χ3v) is 9.28. The van der Waals surface area contributed by atoms with Gasteiger partial charge in [-0.1, -0.05) is 87.8 Å². The van der Waals surface area contributed by atoms with Gasteiger partial charge in [0.2, 0.25) is 11.1 Å². The van der Waals surface area contributed by atoms with E-state index in [-0.39, 0.29) is 5.91 Å². The van der Waals surface area contributed by atoms with E-state index in [0.29, 0.717) is 63.6 Å². The van der Waals surface area contributed by atoms with Gasteiger partial charge in [-0.15, -0.1) is 5.10 Å². The molecule has 1 aromatic heterocycles. The van der Waals surface area contributed by atoms with Crippen molar-refractivity contribution in [3.8, 4) is 11.5 Å². The summed E-state index contributed by atoms with van der Waals surface area (Å²) in [6.45, 7) is 6.61. The van der Waals surface area contributed by atoms with Gasteiger partial charge in [0.1, 0.15) is 12.6 Å². The van der Waals surface area contributed by atoms with Crippen LogP contribution in [0.15, 0.2) is 112 Å². The molecule has 0 aliphatic carbocycles. The van der Waals surface area contributed by atoms with Crippen molar-refractivity contribution in [2.75, 3.05) is 17.2 Å². The number of ether oxygens (including phenoxy) is 2. The van der Waals surface area contributed by atoms with Crippen molar-refractivity contribution < 1.29 is 14.3 Å². The van der Waals surface area contributed by atoms with Crippen molar-refractivity contribution in [1.82, 2.24) is 14.8 Å². The quantitative estimate of drug-likeness (QED) is 0.131. The molecule has 1 aliphatic heterocycles. The second-order valence-corrected chi connectivity index (χ2v) is 13.3. The predicted octanol–water partition coefficient (Wildman–Crippen LogP) is 9.20. The van der Waals surface area contributed by atoms with Crippen LogP contribution in [0.4, 0.5) is 11.6 Å². The average molecular weight is 731 g/mol. The molecule has 1 amide bonds. The minimum Gasteiger partial charge on any atom is -0.490 e. The highest BCUT2D eigenvalue weighted by Crippen LogP contribution is 2.40. The maximum atomic E-state index is 14.1. The fourth-order valence-corrected chi connectivity index (χ4v) is 6.91. The molecule has 1 aliphatic rings. The highest BCUT2D eigenvalue weighted by Gasteiger charge is 2.35. The molecule has 5 aromatic rings. The number of aromatic nitrogens is 3. The number of anilines is 2. The number of amides is 1. The Morgan fingerprint density at radius 2 is 1.83 bits per heavy atom. The number of benzene rings is 4. The number of hydrogen-bond acceptors (Lipinski definition) is 7. The Morgan fingerprint density at radius 3 is 2.62 bits per heavy atom. The Hall–Kier alpha value is -4.25. The Morgan fingerprint density at radius 1 is 1.00 bits per heavy atom. The summed E-state index contributed by atoms with van der Waals surface area (Å²) in [6.07, 6.45) is 0. The predicted molar refractivity (Wildman–Crippen MR) is 191 cm³/mol. The number of nitrogens with one attached hydrogen (secondary N) is 2. The van der Waals surface area contributed by atoms with E-state index in [1.165, 1.54) is 11.8 Å². The van der Waals surface area contributed by atoms with Crippen molar-refractivity contribution >= 4 is 56.8 Å². The Kier molecular flexibility index (Phi) is 10.2. The molecule has 1 unspecified atom stereocenters. The summed E-state index contributed by atoms with van der Waals surface area (Å²) >= 11 is 11.4. The minimum atomic E-state index is -0.600. The minimum absolute atomic E-state index is 0.245. The van der Waals surface area contributed by atoms with Gasteiger partial charge in [0, 0.05) is 26.6 Å². The number of carbonyl (C=O) groups excluding carboxylic acids is 1. The van der Waals surface area contributed by atoms with Crippen molar-refractivity contribution in [3.05, 3.63) is 134 Å². The van der Waals surface area contributed by atoms with Crippen molar-refractivity contribution in [3.63, 3.8) is 0 Å². The zero-order valence-electron chi connectivity index (χ0n) is 26.1. The van der Waals surface area contributed by atoms with Gasteiger partial charge in [0.05, 0.1) is 12.2 Å². The zero-order valence-corrected chi connectivity index (χ0v) is 29.2. The van der Waals surface area contributed by atoms with Crippen LogP contribution in [-0.4, -0.2) is 27.3 Å². The molecular weight excluding hydrogens is 698 g/mol. The Balaban J connectivity index is 1.36. The van der Waals surface area contributed by atoms with Crippen LogP contribution in [0, 0.1) is 6.92 Å². The Labute approximate surface area is 291 Å². The molecule has 8 nitrogen and oxygen atoms in total. The molecule has 2 heterocycles. The van der Waals surface area contributed by atoms with Gasteiger partial charge in [-0.25, -0.2) is 4.68 Å². The van der Waals surface area contributed by atoms with E-state index in [4.69, 9.17) is 31.2 Å². The lowest BCUT2D eigenvalue weighted by Gasteiger charge is -2.29. The molecule has 2 N–H and O–H groups in total. The molecule has 0 spiro atoms. The largest absolute Gasteiger partial charge is 0.490 e. The summed E-state index contributed by atoms with van der Waals surface area (Å²) in [7, 11) is 0. The lowest BCUT2D eigenvalue weighted by molar-refractivity contribution is -0.113. The summed E-state index contributed by atoms with van der Waals surface area (Å²) < 4.78 is 15.0. The number of thioether (sulfide) groups is 1. The monoisotopic (exact) mass is 729 g/mol. The van der Waals surface area contributed by atoms with Crippen LogP contribution in [0.2, 0.25) is 5.02 Å². The van der Waals surface area contributed by atoms with E-state index in [9.17, 15) is 4.79 Å². The normalized spacial score (nSPS) is 13.9. The van der Waals surface area contributed by atoms with Gasteiger partial charge in [-0.05, 0) is 85.5 Å². The lowest BCUT2D eigenvalue weighted by atomic mass is 9.94. The first kappa shape index (κ1) is 32.7. The number of fused-ring (bicyclic) bond motifs is 1. The number of aryl methyl sites for hydroxylation is 1. The van der Waals surface area contributed by atoms with Gasteiger partial charge >= 0.3 is 0 Å². The number of hydrogen-bond donors (Lipinski definition) is 2. The van der Waals surface area contributed by atoms with Crippen LogP contribution in [0.5, 0.6) is 11.5 Å². The third kappa shape index (κ3) is 7.67. The zero-order chi connectivity index (χ0) is 32.9. The number of carbonyl (C=O) groups is 1. The topological polar surface area (TPSA) is 90.3 Å². The van der Waals surface area contributed by atoms with E-state index in [1.807, 2.05) is 112 Å². The summed E-state index contributed by atoms with van der Waals surface area (Å²) in [6, 6.07) is 28.6. The van der Waals surface area contributed by atoms with Crippen LogP contribution < -0.4 is 20.1 Å². The standard InChI is InChI=1S/C36H33BrClN5O3S/c1-4-45-31-19-25(15-16-30(31)46-20-24-10-8-12-27(37)18-24)33-32(34(44)40-28-13-7-9-22(2)17-28)23(3)39-35-41-36(42-43(33)35)47-21-26-11-5-6-14-29(26)38/h5-19,33H,4,20-21H2,1-3H3,(H,40,44)(H,39,41,42). The molecule has 0 bridgehead atoms. The fraction of sp³-hybridized carbons (Fsp3) is 0.194. The second kappa shape index (κ2) is 14.7. The van der Waals surface area contributed by atoms with Crippen LogP contribution in [0.3, 0.4) is 0 Å². The van der Waals surface area contributed by atoms with E-state index in [0.717, 1.165) is 26.7 Å². The molecule has 240 valence electrons. The van der Waals surface area contributed by atoms with E-state index < -0.39 is 6.04 Å². The van der Waals surface area contributed by atoms with Crippen molar-refractivity contribution in [2.45, 2.75) is 44.3 Å². The molecule has 6 rings (SSSR count). The maximum Gasteiger partial charge on any atom is 0.255 e. The number of nitrogens with zero attached hydrogens (tertiary/aromatic N) is 3. The maximum absolute atomic E-state index is 14.1. The van der Waals surface area contributed by atoms with Crippen LogP contribution in [-0.2, 0) is 17.2 Å². The molecule has 0 saturated carbocycles. The highest BCUT2D eigenvalue weighted by atomic mass is 79.9. The van der Waals surface area contributed by atoms with Gasteiger partial charge < -0.3 is 20.1 Å². The first-order chi connectivity index (χ1) is 22.8. The Bertz CT molecular complexity index is 1960. The molecule has 0 radical (unpaired) electrons. The van der Waals surface area contributed by atoms with E-state index in [2.05, 4.69) is 26.6 Å². The molecular formula is C36H33BrClN5O3S. The highest BCUT2D eigenvalue weighted by molar-refractivity contribution is 9.10. The number of halogens is 2. The van der Waals surface area contributed by atoms with Gasteiger partial charge in [-0.3, -0.25) is 4.79 Å². The molecule has 0 fully saturated rings. The summed E-state index contributed by atoms with van der Waals surface area (Å²) in [4.78, 5) is 18.8. The smallest absolute Gasteiger partial charge is 0.255 e. The summed E-state index contributed by atoms with van der Waals surface area (Å²) in [5, 5.41) is 12.6. The van der Waals surface area contributed by atoms with E-state index >= 15 is 0 Å². The van der Waals surface area contributed by atoms with E-state index in [1.54, 1.807) is 4.68 Å². The molecule has 4 aromatic carbocycles.